The van der Waals surface area contributed by atoms with Gasteiger partial charge in [0.05, 0.1) is 0 Å². The van der Waals surface area contributed by atoms with Crippen LogP contribution in [0.3, 0.4) is 0 Å². The zero-order chi connectivity index (χ0) is 10.6. The van der Waals surface area contributed by atoms with E-state index in [9.17, 15) is 5.21 Å². The Morgan fingerprint density at radius 1 is 1.50 bits per heavy atom. The second kappa shape index (κ2) is 4.84. The molecule has 3 heteroatoms. The van der Waals surface area contributed by atoms with Gasteiger partial charge in [-0.25, -0.2) is 0 Å². The van der Waals surface area contributed by atoms with Gasteiger partial charge in [-0.05, 0) is 37.0 Å². The molecule has 3 nitrogen and oxygen atoms in total. The van der Waals surface area contributed by atoms with Crippen molar-refractivity contribution in [1.82, 2.24) is 4.73 Å². The lowest BCUT2D eigenvalue weighted by Crippen LogP contribution is -2.18. The maximum absolute atomic E-state index is 9.42. The van der Waals surface area contributed by atoms with Crippen molar-refractivity contribution in [2.24, 2.45) is 10.9 Å². The van der Waals surface area contributed by atoms with Crippen LogP contribution in [0.5, 0.6) is 0 Å². The lowest BCUT2D eigenvalue weighted by atomic mass is 10.1. The van der Waals surface area contributed by atoms with Gasteiger partial charge in [0.2, 0.25) is 0 Å². The number of hydrogen-bond acceptors (Lipinski definition) is 2. The summed E-state index contributed by atoms with van der Waals surface area (Å²) in [5.41, 5.74) is 1.74. The summed E-state index contributed by atoms with van der Waals surface area (Å²) in [6.45, 7) is 7.08. The van der Waals surface area contributed by atoms with Gasteiger partial charge >= 0.3 is 0 Å². The molecule has 0 atom stereocenters. The van der Waals surface area contributed by atoms with Crippen molar-refractivity contribution in [2.45, 2.75) is 27.2 Å². The van der Waals surface area contributed by atoms with E-state index in [4.69, 9.17) is 0 Å². The van der Waals surface area contributed by atoms with Crippen LogP contribution < -0.4 is 5.49 Å². The molecule has 1 aromatic heterocycles. The third-order valence-corrected chi connectivity index (χ3v) is 2.05. The monoisotopic (exact) mass is 194 g/mol. The van der Waals surface area contributed by atoms with E-state index >= 15 is 0 Å². The molecule has 0 aliphatic rings. The van der Waals surface area contributed by atoms with Crippen LogP contribution >= 0.6 is 0 Å². The normalized spacial score (nSPS) is 12.4. The van der Waals surface area contributed by atoms with Gasteiger partial charge in [-0.3, -0.25) is 4.99 Å². The van der Waals surface area contributed by atoms with Gasteiger partial charge in [0.1, 0.15) is 0 Å². The number of nitrogens with zero attached hydrogens (tertiary/aromatic N) is 2. The minimum Gasteiger partial charge on any atom is -0.427 e. The Labute approximate surface area is 84.7 Å². The van der Waals surface area contributed by atoms with E-state index in [0.29, 0.717) is 11.4 Å². The van der Waals surface area contributed by atoms with Crippen molar-refractivity contribution in [1.29, 1.82) is 0 Å². The van der Waals surface area contributed by atoms with E-state index in [0.717, 1.165) is 23.3 Å². The number of aromatic nitrogens is 1. The van der Waals surface area contributed by atoms with Crippen LogP contribution in [0.25, 0.3) is 0 Å². The lowest BCUT2D eigenvalue weighted by molar-refractivity contribution is 0.171. The molecule has 0 aromatic carbocycles. The minimum atomic E-state index is 0.630. The van der Waals surface area contributed by atoms with Crippen LogP contribution in [0.1, 0.15) is 25.8 Å². The van der Waals surface area contributed by atoms with E-state index < -0.39 is 0 Å². The van der Waals surface area contributed by atoms with Crippen LogP contribution in [0.2, 0.25) is 0 Å². The van der Waals surface area contributed by atoms with Crippen LogP contribution in [0.4, 0.5) is 0 Å². The quantitative estimate of drug-likeness (QED) is 0.734. The van der Waals surface area contributed by atoms with Crippen molar-refractivity contribution in [3.8, 4) is 0 Å². The summed E-state index contributed by atoms with van der Waals surface area (Å²) in [6, 6.07) is 3.72. The summed E-state index contributed by atoms with van der Waals surface area (Å²) >= 11 is 0. The maximum atomic E-state index is 9.42. The lowest BCUT2D eigenvalue weighted by Gasteiger charge is -2.01. The molecular formula is C11H18N2O. The predicted molar refractivity (Wildman–Crippen MR) is 56.2 cm³/mol. The fourth-order valence-corrected chi connectivity index (χ4v) is 1.14. The summed E-state index contributed by atoms with van der Waals surface area (Å²) in [7, 11) is 0. The molecule has 0 saturated carbocycles. The topological polar surface area (TPSA) is 37.5 Å². The summed E-state index contributed by atoms with van der Waals surface area (Å²) in [5.74, 6) is 0.649. The van der Waals surface area contributed by atoms with Gasteiger partial charge in [0.25, 0.3) is 0 Å². The Kier molecular flexibility index (Phi) is 3.74. The van der Waals surface area contributed by atoms with Crippen molar-refractivity contribution >= 4 is 0 Å². The van der Waals surface area contributed by atoms with Gasteiger partial charge in [-0.2, -0.15) is 4.73 Å². The fraction of sp³-hybridized carbons (Fsp3) is 0.545. The number of rotatable bonds is 3. The standard InChI is InChI=1S/C11H18N2O/c1-9(2)4-6-12-11-8-10(3)5-7-13(11)14/h5,7-9,14H,4,6H2,1-3H3. The zero-order valence-corrected chi connectivity index (χ0v) is 9.07. The fourth-order valence-electron chi connectivity index (χ4n) is 1.14. The van der Waals surface area contributed by atoms with Gasteiger partial charge in [0, 0.05) is 12.7 Å². The molecule has 0 bridgehead atoms. The number of hydrogen-bond donors (Lipinski definition) is 1. The Bertz CT molecular complexity index is 353. The molecule has 0 fully saturated rings. The Morgan fingerprint density at radius 2 is 2.21 bits per heavy atom. The zero-order valence-electron chi connectivity index (χ0n) is 9.07. The molecule has 1 heterocycles. The SMILES string of the molecule is Cc1ccn(O)c(=NCCC(C)C)c1. The third-order valence-electron chi connectivity index (χ3n) is 2.05. The van der Waals surface area contributed by atoms with Gasteiger partial charge in [-0.15, -0.1) is 0 Å². The van der Waals surface area contributed by atoms with E-state index in [2.05, 4.69) is 18.8 Å². The first-order valence-electron chi connectivity index (χ1n) is 4.98. The average Bonchev–Trinajstić information content (AvgIpc) is 2.10. The van der Waals surface area contributed by atoms with Crippen molar-refractivity contribution in [2.75, 3.05) is 6.54 Å². The Hall–Kier alpha value is -1.25. The first-order chi connectivity index (χ1) is 6.59. The third kappa shape index (κ3) is 3.24. The molecule has 14 heavy (non-hydrogen) atoms. The first-order valence-corrected chi connectivity index (χ1v) is 4.98. The van der Waals surface area contributed by atoms with Crippen molar-refractivity contribution < 1.29 is 5.21 Å². The second-order valence-corrected chi connectivity index (χ2v) is 3.97. The molecule has 0 aliphatic heterocycles. The van der Waals surface area contributed by atoms with Gasteiger partial charge in [-0.1, -0.05) is 13.8 Å². The highest BCUT2D eigenvalue weighted by molar-refractivity contribution is 5.06. The molecule has 1 aromatic rings. The highest BCUT2D eigenvalue weighted by Crippen LogP contribution is 1.98. The van der Waals surface area contributed by atoms with Crippen LogP contribution in [-0.2, 0) is 0 Å². The van der Waals surface area contributed by atoms with Gasteiger partial charge in [0.15, 0.2) is 5.49 Å². The molecule has 0 aliphatic carbocycles. The van der Waals surface area contributed by atoms with E-state index in [-0.39, 0.29) is 0 Å². The van der Waals surface area contributed by atoms with Crippen LogP contribution in [-0.4, -0.2) is 16.5 Å². The number of pyridine rings is 1. The minimum absolute atomic E-state index is 0.630. The van der Waals surface area contributed by atoms with Crippen LogP contribution in [0, 0.1) is 12.8 Å². The molecule has 0 saturated heterocycles. The molecule has 78 valence electrons. The predicted octanol–water partition coefficient (Wildman–Crippen LogP) is 1.98. The molecule has 0 unspecified atom stereocenters. The van der Waals surface area contributed by atoms with Crippen molar-refractivity contribution in [3.05, 3.63) is 29.4 Å². The molecule has 1 N–H and O–H groups in total. The highest BCUT2D eigenvalue weighted by atomic mass is 16.5. The molecule has 0 spiro atoms. The summed E-state index contributed by atoms with van der Waals surface area (Å²) < 4.78 is 1.06. The Balaban J connectivity index is 2.78. The Morgan fingerprint density at radius 3 is 2.86 bits per heavy atom. The largest absolute Gasteiger partial charge is 0.427 e. The van der Waals surface area contributed by atoms with Crippen molar-refractivity contribution in [3.63, 3.8) is 0 Å². The molecule has 0 amide bonds. The highest BCUT2D eigenvalue weighted by Gasteiger charge is 1.93. The maximum Gasteiger partial charge on any atom is 0.163 e. The molecule has 1 rings (SSSR count). The second-order valence-electron chi connectivity index (χ2n) is 3.97. The number of aryl methyl sites for hydroxylation is 1. The van der Waals surface area contributed by atoms with Gasteiger partial charge < -0.3 is 5.21 Å². The summed E-state index contributed by atoms with van der Waals surface area (Å²) in [5, 5.41) is 9.42. The smallest absolute Gasteiger partial charge is 0.163 e. The molecule has 0 radical (unpaired) electrons. The van der Waals surface area contributed by atoms with E-state index in [1.165, 1.54) is 0 Å². The summed E-state index contributed by atoms with van der Waals surface area (Å²) in [6.07, 6.45) is 2.66. The van der Waals surface area contributed by atoms with E-state index in [1.54, 1.807) is 6.20 Å². The van der Waals surface area contributed by atoms with Crippen LogP contribution in [0.15, 0.2) is 23.3 Å². The van der Waals surface area contributed by atoms with E-state index in [1.807, 2.05) is 19.1 Å². The average molecular weight is 194 g/mol. The first kappa shape index (κ1) is 10.8. The summed E-state index contributed by atoms with van der Waals surface area (Å²) in [4.78, 5) is 4.32. The molecular weight excluding hydrogens is 176 g/mol.